The number of benzene rings is 3. The SMILES string of the molecule is COc1ccc(Oc2ccc(NS(=O)(=O)CCCC(F)(F)F)cc2)c2ccccc12. The van der Waals surface area contributed by atoms with Crippen molar-refractivity contribution in [3.05, 3.63) is 60.7 Å². The summed E-state index contributed by atoms with van der Waals surface area (Å²) in [6.07, 6.45) is -6.01. The number of ether oxygens (including phenoxy) is 2. The Morgan fingerprint density at radius 2 is 1.50 bits per heavy atom. The van der Waals surface area contributed by atoms with Crippen molar-refractivity contribution in [2.24, 2.45) is 0 Å². The number of methoxy groups -OCH3 is 1. The molecular formula is C21H20F3NO4S. The fraction of sp³-hybridized carbons (Fsp3) is 0.238. The minimum absolute atomic E-state index is 0.244. The maximum atomic E-state index is 12.2. The van der Waals surface area contributed by atoms with Crippen molar-refractivity contribution in [3.8, 4) is 17.2 Å². The van der Waals surface area contributed by atoms with Crippen LogP contribution in [-0.4, -0.2) is 27.5 Å². The van der Waals surface area contributed by atoms with Gasteiger partial charge in [0.1, 0.15) is 17.2 Å². The van der Waals surface area contributed by atoms with E-state index in [0.29, 0.717) is 17.2 Å². The van der Waals surface area contributed by atoms with Crippen LogP contribution in [0.3, 0.4) is 0 Å². The highest BCUT2D eigenvalue weighted by atomic mass is 32.2. The molecule has 0 fully saturated rings. The van der Waals surface area contributed by atoms with Crippen LogP contribution >= 0.6 is 0 Å². The van der Waals surface area contributed by atoms with Crippen LogP contribution in [0.2, 0.25) is 0 Å². The standard InChI is InChI=1S/C21H20F3NO4S/c1-28-19-11-12-20(18-6-3-2-5-17(18)19)29-16-9-7-15(8-10-16)25-30(26,27)14-4-13-21(22,23)24/h2-3,5-12,25H,4,13-14H2,1H3. The molecule has 1 N–H and O–H groups in total. The van der Waals surface area contributed by atoms with Gasteiger partial charge in [0.25, 0.3) is 0 Å². The Bertz CT molecular complexity index is 1110. The van der Waals surface area contributed by atoms with Crippen LogP contribution in [0, 0.1) is 0 Å². The zero-order chi connectivity index (χ0) is 21.8. The van der Waals surface area contributed by atoms with Crippen LogP contribution in [0.4, 0.5) is 18.9 Å². The molecule has 0 spiro atoms. The first-order valence-electron chi connectivity index (χ1n) is 9.08. The molecule has 5 nitrogen and oxygen atoms in total. The number of rotatable bonds is 8. The molecule has 3 aromatic rings. The zero-order valence-corrected chi connectivity index (χ0v) is 16.9. The predicted molar refractivity (Wildman–Crippen MR) is 110 cm³/mol. The highest BCUT2D eigenvalue weighted by molar-refractivity contribution is 7.92. The molecule has 0 aliphatic rings. The van der Waals surface area contributed by atoms with Gasteiger partial charge in [-0.1, -0.05) is 24.3 Å². The lowest BCUT2D eigenvalue weighted by molar-refractivity contribution is -0.134. The molecule has 9 heteroatoms. The lowest BCUT2D eigenvalue weighted by Crippen LogP contribution is -2.18. The van der Waals surface area contributed by atoms with Gasteiger partial charge in [-0.2, -0.15) is 13.2 Å². The van der Waals surface area contributed by atoms with Gasteiger partial charge in [-0.3, -0.25) is 4.72 Å². The van der Waals surface area contributed by atoms with Crippen molar-refractivity contribution in [3.63, 3.8) is 0 Å². The summed E-state index contributed by atoms with van der Waals surface area (Å²) in [5.41, 5.74) is 0.244. The summed E-state index contributed by atoms with van der Waals surface area (Å²) in [7, 11) is -2.28. The van der Waals surface area contributed by atoms with Crippen molar-refractivity contribution in [1.29, 1.82) is 0 Å². The Balaban J connectivity index is 1.69. The molecule has 3 rings (SSSR count). The number of sulfonamides is 1. The largest absolute Gasteiger partial charge is 0.496 e. The van der Waals surface area contributed by atoms with Crippen molar-refractivity contribution in [1.82, 2.24) is 0 Å². The molecule has 0 amide bonds. The first-order chi connectivity index (χ1) is 14.2. The minimum Gasteiger partial charge on any atom is -0.496 e. The number of alkyl halides is 3. The Kier molecular flexibility index (Phi) is 6.40. The Hall–Kier alpha value is -2.94. The molecule has 30 heavy (non-hydrogen) atoms. The van der Waals surface area contributed by atoms with Crippen LogP contribution in [0.1, 0.15) is 12.8 Å². The summed E-state index contributed by atoms with van der Waals surface area (Å²) in [4.78, 5) is 0. The third-order valence-corrected chi connectivity index (χ3v) is 5.67. The second-order valence-electron chi connectivity index (χ2n) is 6.58. The molecule has 0 atom stereocenters. The molecule has 3 aromatic carbocycles. The monoisotopic (exact) mass is 439 g/mol. The lowest BCUT2D eigenvalue weighted by atomic mass is 10.1. The highest BCUT2D eigenvalue weighted by Crippen LogP contribution is 2.35. The van der Waals surface area contributed by atoms with Crippen molar-refractivity contribution in [2.45, 2.75) is 19.0 Å². The van der Waals surface area contributed by atoms with E-state index in [4.69, 9.17) is 9.47 Å². The predicted octanol–water partition coefficient (Wildman–Crippen LogP) is 5.72. The molecule has 0 aliphatic heterocycles. The fourth-order valence-corrected chi connectivity index (χ4v) is 4.04. The Morgan fingerprint density at radius 1 is 0.900 bits per heavy atom. The summed E-state index contributed by atoms with van der Waals surface area (Å²) in [6.45, 7) is 0. The Morgan fingerprint density at radius 3 is 2.10 bits per heavy atom. The number of nitrogens with one attached hydrogen (secondary N) is 1. The van der Waals surface area contributed by atoms with E-state index in [0.717, 1.165) is 10.8 Å². The second kappa shape index (κ2) is 8.83. The van der Waals surface area contributed by atoms with Crippen LogP contribution in [0.15, 0.2) is 60.7 Å². The summed E-state index contributed by atoms with van der Waals surface area (Å²) < 4.78 is 74.0. The zero-order valence-electron chi connectivity index (χ0n) is 16.1. The molecule has 0 saturated carbocycles. The van der Waals surface area contributed by atoms with Crippen molar-refractivity contribution < 1.29 is 31.1 Å². The first-order valence-corrected chi connectivity index (χ1v) is 10.7. The van der Waals surface area contributed by atoms with E-state index in [1.165, 1.54) is 12.1 Å². The van der Waals surface area contributed by atoms with Gasteiger partial charge >= 0.3 is 6.18 Å². The molecule has 0 aromatic heterocycles. The number of halogens is 3. The third kappa shape index (κ3) is 5.79. The minimum atomic E-state index is -4.37. The summed E-state index contributed by atoms with van der Waals surface area (Å²) in [6, 6.07) is 17.3. The van der Waals surface area contributed by atoms with E-state index in [1.54, 1.807) is 31.4 Å². The summed E-state index contributed by atoms with van der Waals surface area (Å²) >= 11 is 0. The van der Waals surface area contributed by atoms with Gasteiger partial charge in [-0.05, 0) is 42.8 Å². The van der Waals surface area contributed by atoms with Gasteiger partial charge in [0, 0.05) is 22.9 Å². The van der Waals surface area contributed by atoms with Crippen molar-refractivity contribution >= 4 is 26.5 Å². The van der Waals surface area contributed by atoms with Crippen molar-refractivity contribution in [2.75, 3.05) is 17.6 Å². The molecule has 0 saturated heterocycles. The maximum absolute atomic E-state index is 12.2. The summed E-state index contributed by atoms with van der Waals surface area (Å²) in [5.74, 6) is 1.19. The fourth-order valence-electron chi connectivity index (χ4n) is 2.92. The van der Waals surface area contributed by atoms with Crippen LogP contribution < -0.4 is 14.2 Å². The second-order valence-corrected chi connectivity index (χ2v) is 8.42. The van der Waals surface area contributed by atoms with Gasteiger partial charge < -0.3 is 9.47 Å². The lowest BCUT2D eigenvalue weighted by Gasteiger charge is -2.13. The maximum Gasteiger partial charge on any atom is 0.389 e. The van der Waals surface area contributed by atoms with E-state index in [-0.39, 0.29) is 5.69 Å². The number of fused-ring (bicyclic) bond motifs is 1. The number of anilines is 1. The molecule has 0 radical (unpaired) electrons. The topological polar surface area (TPSA) is 64.6 Å². The van der Waals surface area contributed by atoms with E-state index >= 15 is 0 Å². The van der Waals surface area contributed by atoms with E-state index in [1.807, 2.05) is 24.3 Å². The van der Waals surface area contributed by atoms with Gasteiger partial charge in [0.15, 0.2) is 0 Å². The highest BCUT2D eigenvalue weighted by Gasteiger charge is 2.27. The average Bonchev–Trinajstić information content (AvgIpc) is 2.68. The van der Waals surface area contributed by atoms with Gasteiger partial charge in [0.2, 0.25) is 10.0 Å². The molecule has 160 valence electrons. The third-order valence-electron chi connectivity index (χ3n) is 4.29. The smallest absolute Gasteiger partial charge is 0.389 e. The van der Waals surface area contributed by atoms with E-state index < -0.39 is 34.8 Å². The van der Waals surface area contributed by atoms with E-state index in [9.17, 15) is 21.6 Å². The van der Waals surface area contributed by atoms with Crippen LogP contribution in [0.5, 0.6) is 17.2 Å². The Labute approximate surface area is 172 Å². The van der Waals surface area contributed by atoms with Crippen LogP contribution in [0.25, 0.3) is 10.8 Å². The van der Waals surface area contributed by atoms with Gasteiger partial charge in [-0.15, -0.1) is 0 Å². The van der Waals surface area contributed by atoms with Gasteiger partial charge in [-0.25, -0.2) is 8.42 Å². The molecular weight excluding hydrogens is 419 g/mol. The molecule has 0 aliphatic carbocycles. The number of hydrogen-bond acceptors (Lipinski definition) is 4. The molecule has 0 unspecified atom stereocenters. The molecule has 0 bridgehead atoms. The molecule has 0 heterocycles. The quantitative estimate of drug-likeness (QED) is 0.487. The first kappa shape index (κ1) is 21.8. The summed E-state index contributed by atoms with van der Waals surface area (Å²) in [5, 5.41) is 1.74. The average molecular weight is 439 g/mol. The van der Waals surface area contributed by atoms with E-state index in [2.05, 4.69) is 4.72 Å². The number of hydrogen-bond donors (Lipinski definition) is 1. The van der Waals surface area contributed by atoms with Crippen LogP contribution in [-0.2, 0) is 10.0 Å². The van der Waals surface area contributed by atoms with Gasteiger partial charge in [0.05, 0.1) is 12.9 Å². The normalized spacial score (nSPS) is 12.0.